The van der Waals surface area contributed by atoms with Crippen LogP contribution in [0.15, 0.2) is 18.2 Å². The van der Waals surface area contributed by atoms with Gasteiger partial charge in [-0.3, -0.25) is 0 Å². The summed E-state index contributed by atoms with van der Waals surface area (Å²) in [5.74, 6) is -0.358. The quantitative estimate of drug-likeness (QED) is 0.905. The molecular weight excluding hydrogens is 241 g/mol. The fourth-order valence-corrected chi connectivity index (χ4v) is 2.59. The molecule has 0 amide bonds. The lowest BCUT2D eigenvalue weighted by Gasteiger charge is -2.32. The van der Waals surface area contributed by atoms with Crippen LogP contribution in [-0.2, 0) is 0 Å². The van der Waals surface area contributed by atoms with Crippen molar-refractivity contribution in [3.63, 3.8) is 0 Å². The van der Waals surface area contributed by atoms with Crippen LogP contribution in [0.3, 0.4) is 0 Å². The first-order valence-electron chi connectivity index (χ1n) is 6.81. The van der Waals surface area contributed by atoms with Gasteiger partial charge in [-0.25, -0.2) is 4.39 Å². The lowest BCUT2D eigenvalue weighted by molar-refractivity contribution is 0.552. The van der Waals surface area contributed by atoms with Gasteiger partial charge in [0.1, 0.15) is 11.9 Å². The summed E-state index contributed by atoms with van der Waals surface area (Å²) in [5, 5.41) is 12.6. The Labute approximate surface area is 114 Å². The summed E-state index contributed by atoms with van der Waals surface area (Å²) in [6.07, 6.45) is 2.36. The highest BCUT2D eigenvalue weighted by molar-refractivity contribution is 5.60. The third-order valence-corrected chi connectivity index (χ3v) is 3.59. The smallest absolute Gasteiger partial charge is 0.124 e. The molecular formula is C15H20FN3. The van der Waals surface area contributed by atoms with E-state index in [-0.39, 0.29) is 11.9 Å². The minimum atomic E-state index is -0.358. The Morgan fingerprint density at radius 1 is 1.53 bits per heavy atom. The van der Waals surface area contributed by atoms with Crippen molar-refractivity contribution in [2.24, 2.45) is 0 Å². The fraction of sp³-hybridized carbons (Fsp3) is 0.533. The number of halogens is 1. The van der Waals surface area contributed by atoms with Crippen molar-refractivity contribution in [2.75, 3.05) is 18.0 Å². The maximum atomic E-state index is 13.2. The zero-order valence-electron chi connectivity index (χ0n) is 11.5. The Hall–Kier alpha value is -1.60. The first kappa shape index (κ1) is 13.8. The van der Waals surface area contributed by atoms with E-state index >= 15 is 0 Å². The molecule has 2 rings (SSSR count). The van der Waals surface area contributed by atoms with E-state index in [2.05, 4.69) is 30.1 Å². The van der Waals surface area contributed by atoms with Crippen LogP contribution in [0.5, 0.6) is 0 Å². The minimum Gasteiger partial charge on any atom is -0.366 e. The van der Waals surface area contributed by atoms with Crippen molar-refractivity contribution in [3.8, 4) is 6.07 Å². The van der Waals surface area contributed by atoms with Gasteiger partial charge >= 0.3 is 0 Å². The van der Waals surface area contributed by atoms with Gasteiger partial charge in [0.25, 0.3) is 0 Å². The van der Waals surface area contributed by atoms with E-state index in [4.69, 9.17) is 0 Å². The van der Waals surface area contributed by atoms with E-state index in [1.165, 1.54) is 18.6 Å². The van der Waals surface area contributed by atoms with Gasteiger partial charge in [-0.15, -0.1) is 0 Å². The normalized spacial score (nSPS) is 18.6. The molecule has 0 bridgehead atoms. The van der Waals surface area contributed by atoms with Crippen molar-refractivity contribution in [3.05, 3.63) is 29.6 Å². The SMILES string of the molecule is CC(C)N(CC1CCCN1)c1ccc(F)cc1C#N. The molecule has 102 valence electrons. The molecule has 1 fully saturated rings. The monoisotopic (exact) mass is 261 g/mol. The number of hydrogen-bond donors (Lipinski definition) is 1. The Morgan fingerprint density at radius 3 is 2.89 bits per heavy atom. The first-order valence-corrected chi connectivity index (χ1v) is 6.81. The fourth-order valence-electron chi connectivity index (χ4n) is 2.59. The highest BCUT2D eigenvalue weighted by Crippen LogP contribution is 2.24. The van der Waals surface area contributed by atoms with Crippen molar-refractivity contribution < 1.29 is 4.39 Å². The lowest BCUT2D eigenvalue weighted by atomic mass is 10.1. The van der Waals surface area contributed by atoms with Crippen LogP contribution in [0.2, 0.25) is 0 Å². The molecule has 1 aliphatic rings. The molecule has 1 unspecified atom stereocenters. The lowest BCUT2D eigenvalue weighted by Crippen LogP contribution is -2.41. The Bertz CT molecular complexity index is 473. The molecule has 4 heteroatoms. The molecule has 19 heavy (non-hydrogen) atoms. The van der Waals surface area contributed by atoms with Crippen LogP contribution in [0.25, 0.3) is 0 Å². The largest absolute Gasteiger partial charge is 0.366 e. The molecule has 1 saturated heterocycles. The number of benzene rings is 1. The molecule has 1 heterocycles. The number of rotatable bonds is 4. The van der Waals surface area contributed by atoms with Crippen LogP contribution >= 0.6 is 0 Å². The van der Waals surface area contributed by atoms with Gasteiger partial charge in [-0.05, 0) is 51.4 Å². The molecule has 0 spiro atoms. The van der Waals surface area contributed by atoms with Gasteiger partial charge in [0.2, 0.25) is 0 Å². The topological polar surface area (TPSA) is 39.1 Å². The van der Waals surface area contributed by atoms with Crippen LogP contribution in [-0.4, -0.2) is 25.2 Å². The molecule has 1 N–H and O–H groups in total. The van der Waals surface area contributed by atoms with Gasteiger partial charge in [0.15, 0.2) is 0 Å². The highest BCUT2D eigenvalue weighted by atomic mass is 19.1. The van der Waals surface area contributed by atoms with Crippen LogP contribution in [0, 0.1) is 17.1 Å². The first-order chi connectivity index (χ1) is 9.11. The van der Waals surface area contributed by atoms with Gasteiger partial charge < -0.3 is 10.2 Å². The molecule has 1 aromatic carbocycles. The predicted molar refractivity (Wildman–Crippen MR) is 74.6 cm³/mol. The number of hydrogen-bond acceptors (Lipinski definition) is 3. The number of anilines is 1. The average molecular weight is 261 g/mol. The summed E-state index contributed by atoms with van der Waals surface area (Å²) in [6.45, 7) is 6.11. The minimum absolute atomic E-state index is 0.278. The highest BCUT2D eigenvalue weighted by Gasteiger charge is 2.21. The molecule has 1 aromatic rings. The van der Waals surface area contributed by atoms with Gasteiger partial charge in [-0.1, -0.05) is 0 Å². The second-order valence-electron chi connectivity index (χ2n) is 5.31. The maximum Gasteiger partial charge on any atom is 0.124 e. The van der Waals surface area contributed by atoms with Crippen molar-refractivity contribution in [1.29, 1.82) is 5.26 Å². The zero-order chi connectivity index (χ0) is 13.8. The maximum absolute atomic E-state index is 13.2. The van der Waals surface area contributed by atoms with Crippen molar-refractivity contribution in [2.45, 2.75) is 38.8 Å². The molecule has 1 atom stereocenters. The van der Waals surface area contributed by atoms with E-state index in [0.717, 1.165) is 25.2 Å². The predicted octanol–water partition coefficient (Wildman–Crippen LogP) is 2.66. The Balaban J connectivity index is 2.25. The van der Waals surface area contributed by atoms with E-state index in [9.17, 15) is 9.65 Å². The third-order valence-electron chi connectivity index (χ3n) is 3.59. The summed E-state index contributed by atoms with van der Waals surface area (Å²) in [4.78, 5) is 2.18. The standard InChI is InChI=1S/C15H20FN3/c1-11(2)19(10-14-4-3-7-18-14)15-6-5-13(16)8-12(15)9-17/h5-6,8,11,14,18H,3-4,7,10H2,1-2H3. The third kappa shape index (κ3) is 3.24. The summed E-state index contributed by atoms with van der Waals surface area (Å²) < 4.78 is 13.2. The molecule has 3 nitrogen and oxygen atoms in total. The van der Waals surface area contributed by atoms with Crippen LogP contribution in [0.1, 0.15) is 32.3 Å². The summed E-state index contributed by atoms with van der Waals surface area (Å²) in [7, 11) is 0. The average Bonchev–Trinajstić information content (AvgIpc) is 2.89. The zero-order valence-corrected chi connectivity index (χ0v) is 11.5. The van der Waals surface area contributed by atoms with Gasteiger partial charge in [0.05, 0.1) is 11.3 Å². The van der Waals surface area contributed by atoms with Crippen molar-refractivity contribution in [1.82, 2.24) is 5.32 Å². The summed E-state index contributed by atoms with van der Waals surface area (Å²) in [5.41, 5.74) is 1.24. The molecule has 1 aliphatic heterocycles. The van der Waals surface area contributed by atoms with Crippen molar-refractivity contribution >= 4 is 5.69 Å². The van der Waals surface area contributed by atoms with Gasteiger partial charge in [-0.2, -0.15) is 5.26 Å². The van der Waals surface area contributed by atoms with E-state index in [1.807, 2.05) is 0 Å². The molecule has 0 radical (unpaired) electrons. The molecule has 0 aromatic heterocycles. The van der Waals surface area contributed by atoms with E-state index < -0.39 is 0 Å². The Morgan fingerprint density at radius 2 is 2.32 bits per heavy atom. The number of nitriles is 1. The van der Waals surface area contributed by atoms with E-state index in [1.54, 1.807) is 6.07 Å². The number of nitrogens with one attached hydrogen (secondary N) is 1. The van der Waals surface area contributed by atoms with Gasteiger partial charge in [0, 0.05) is 18.6 Å². The number of nitrogens with zero attached hydrogens (tertiary/aromatic N) is 2. The Kier molecular flexibility index (Phi) is 4.39. The van der Waals surface area contributed by atoms with Crippen LogP contribution < -0.4 is 10.2 Å². The second kappa shape index (κ2) is 6.03. The molecule has 0 saturated carbocycles. The molecule has 0 aliphatic carbocycles. The van der Waals surface area contributed by atoms with E-state index in [0.29, 0.717) is 11.6 Å². The second-order valence-corrected chi connectivity index (χ2v) is 5.31. The summed E-state index contributed by atoms with van der Waals surface area (Å²) >= 11 is 0. The van der Waals surface area contributed by atoms with Crippen LogP contribution in [0.4, 0.5) is 10.1 Å². The summed E-state index contributed by atoms with van der Waals surface area (Å²) in [6, 6.07) is 7.28.